The predicted octanol–water partition coefficient (Wildman–Crippen LogP) is 17.2. The van der Waals surface area contributed by atoms with Crippen LogP contribution < -0.4 is 0 Å². The highest BCUT2D eigenvalue weighted by Crippen LogP contribution is 2.18. The fraction of sp³-hybridized carbons (Fsp3) is 1.00. The second kappa shape index (κ2) is 44.0. The molecule has 0 spiro atoms. The van der Waals surface area contributed by atoms with Crippen molar-refractivity contribution in [3.05, 3.63) is 0 Å². The molecule has 0 aromatic heterocycles. The Kier molecular flexibility index (Phi) is 43.9. The number of unbranched alkanes of at least 4 members (excludes halogenated alkanes) is 39. The van der Waals surface area contributed by atoms with Crippen LogP contribution in [-0.4, -0.2) is 11.2 Å². The molecule has 0 saturated carbocycles. The van der Waals surface area contributed by atoms with E-state index in [4.69, 9.17) is 0 Å². The van der Waals surface area contributed by atoms with Crippen LogP contribution in [0.25, 0.3) is 0 Å². The van der Waals surface area contributed by atoms with Gasteiger partial charge in [0.05, 0.1) is 6.10 Å². The highest BCUT2D eigenvalue weighted by atomic mass is 16.3. The maximum atomic E-state index is 10.3. The Labute approximate surface area is 300 Å². The van der Waals surface area contributed by atoms with Crippen LogP contribution in [0.2, 0.25) is 0 Å². The molecule has 0 aliphatic rings. The normalized spacial score (nSPS) is 12.3. The van der Waals surface area contributed by atoms with Gasteiger partial charge in [0.2, 0.25) is 0 Å². The lowest BCUT2D eigenvalue weighted by Gasteiger charge is -2.10. The highest BCUT2D eigenvalue weighted by Gasteiger charge is 2.04. The van der Waals surface area contributed by atoms with E-state index in [0.717, 1.165) is 12.8 Å². The van der Waals surface area contributed by atoms with E-state index >= 15 is 0 Å². The lowest BCUT2D eigenvalue weighted by Crippen LogP contribution is -2.05. The Balaban J connectivity index is 3.12. The molecule has 0 radical (unpaired) electrons. The highest BCUT2D eigenvalue weighted by molar-refractivity contribution is 4.58. The molecular weight excluding hydrogens is 569 g/mol. The van der Waals surface area contributed by atoms with Gasteiger partial charge in [0.25, 0.3) is 0 Å². The molecule has 0 saturated heterocycles. The SMILES string of the molecule is CCCCCCCCCCCCCCCCCCCCCCCCCCCCCC[C@H](O)CCCCCCCCCCCCCCC. The minimum Gasteiger partial charge on any atom is -0.393 e. The van der Waals surface area contributed by atoms with Crippen molar-refractivity contribution in [2.75, 3.05) is 0 Å². The van der Waals surface area contributed by atoms with Gasteiger partial charge in [-0.25, -0.2) is 0 Å². The van der Waals surface area contributed by atoms with Gasteiger partial charge in [0.15, 0.2) is 0 Å². The molecule has 1 atom stereocenters. The molecule has 0 fully saturated rings. The number of hydrogen-bond donors (Lipinski definition) is 1. The zero-order valence-corrected chi connectivity index (χ0v) is 33.4. The smallest absolute Gasteiger partial charge is 0.0540 e. The molecule has 1 heteroatoms. The first-order chi connectivity index (χ1) is 23.3. The zero-order chi connectivity index (χ0) is 34.0. The third-order valence-electron chi connectivity index (χ3n) is 11.0. The van der Waals surface area contributed by atoms with E-state index in [1.54, 1.807) is 0 Å². The summed E-state index contributed by atoms with van der Waals surface area (Å²) < 4.78 is 0. The van der Waals surface area contributed by atoms with Gasteiger partial charge >= 0.3 is 0 Å². The monoisotopic (exact) mass is 663 g/mol. The van der Waals surface area contributed by atoms with Gasteiger partial charge < -0.3 is 5.11 Å². The molecule has 0 rings (SSSR count). The van der Waals surface area contributed by atoms with Gasteiger partial charge in [0, 0.05) is 0 Å². The summed E-state index contributed by atoms with van der Waals surface area (Å²) in [6.45, 7) is 4.61. The van der Waals surface area contributed by atoms with Crippen molar-refractivity contribution in [2.45, 2.75) is 296 Å². The van der Waals surface area contributed by atoms with Crippen molar-refractivity contribution in [3.63, 3.8) is 0 Å². The van der Waals surface area contributed by atoms with E-state index < -0.39 is 0 Å². The summed E-state index contributed by atoms with van der Waals surface area (Å²) in [7, 11) is 0. The van der Waals surface area contributed by atoms with E-state index in [1.165, 1.54) is 263 Å². The van der Waals surface area contributed by atoms with E-state index in [2.05, 4.69) is 13.8 Å². The van der Waals surface area contributed by atoms with Crippen LogP contribution in [0.5, 0.6) is 0 Å². The van der Waals surface area contributed by atoms with E-state index in [9.17, 15) is 5.11 Å². The Hall–Kier alpha value is -0.0400. The second-order valence-corrected chi connectivity index (χ2v) is 16.0. The van der Waals surface area contributed by atoms with Crippen molar-refractivity contribution in [3.8, 4) is 0 Å². The number of rotatable bonds is 43. The molecular formula is C46H94O. The maximum absolute atomic E-state index is 10.3. The molecule has 0 aromatic rings. The molecule has 0 aliphatic carbocycles. The molecule has 0 aromatic carbocycles. The molecule has 0 bridgehead atoms. The topological polar surface area (TPSA) is 20.2 Å². The maximum Gasteiger partial charge on any atom is 0.0540 e. The largest absolute Gasteiger partial charge is 0.393 e. The number of aliphatic hydroxyl groups excluding tert-OH is 1. The standard InChI is InChI=1S/C46H94O/c1-3-5-7-9-11-13-15-17-18-19-20-21-22-23-24-25-26-27-28-29-30-31-33-35-37-39-41-43-45-46(47)44-42-40-38-36-34-32-16-14-12-10-8-6-4-2/h46-47H,3-45H2,1-2H3/t46-/m1/s1. The van der Waals surface area contributed by atoms with Crippen LogP contribution >= 0.6 is 0 Å². The Morgan fingerprint density at radius 2 is 0.340 bits per heavy atom. The lowest BCUT2D eigenvalue weighted by molar-refractivity contribution is 0.147. The van der Waals surface area contributed by atoms with E-state index in [1.807, 2.05) is 0 Å². The van der Waals surface area contributed by atoms with E-state index in [-0.39, 0.29) is 6.10 Å². The zero-order valence-electron chi connectivity index (χ0n) is 33.4. The van der Waals surface area contributed by atoms with Gasteiger partial charge in [0.1, 0.15) is 0 Å². The van der Waals surface area contributed by atoms with Crippen LogP contribution in [0.3, 0.4) is 0 Å². The summed E-state index contributed by atoms with van der Waals surface area (Å²) in [4.78, 5) is 0. The van der Waals surface area contributed by atoms with Gasteiger partial charge in [-0.15, -0.1) is 0 Å². The minimum absolute atomic E-state index is 0.0354. The van der Waals surface area contributed by atoms with E-state index in [0.29, 0.717) is 0 Å². The molecule has 0 unspecified atom stereocenters. The molecule has 47 heavy (non-hydrogen) atoms. The van der Waals surface area contributed by atoms with Crippen molar-refractivity contribution in [1.82, 2.24) is 0 Å². The summed E-state index contributed by atoms with van der Waals surface area (Å²) in [5.41, 5.74) is 0. The van der Waals surface area contributed by atoms with Crippen LogP contribution in [-0.2, 0) is 0 Å². The van der Waals surface area contributed by atoms with Crippen LogP contribution in [0, 0.1) is 0 Å². The lowest BCUT2D eigenvalue weighted by atomic mass is 10.0. The average Bonchev–Trinajstić information content (AvgIpc) is 3.08. The van der Waals surface area contributed by atoms with Crippen molar-refractivity contribution < 1.29 is 5.11 Å². The third kappa shape index (κ3) is 43.9. The number of hydrogen-bond acceptors (Lipinski definition) is 1. The van der Waals surface area contributed by atoms with Crippen molar-refractivity contribution in [1.29, 1.82) is 0 Å². The minimum atomic E-state index is -0.0354. The van der Waals surface area contributed by atoms with Crippen LogP contribution in [0.15, 0.2) is 0 Å². The summed E-state index contributed by atoms with van der Waals surface area (Å²) >= 11 is 0. The first kappa shape index (κ1) is 47.0. The van der Waals surface area contributed by atoms with Gasteiger partial charge in [-0.05, 0) is 12.8 Å². The molecule has 1 N–H and O–H groups in total. The average molecular weight is 663 g/mol. The summed E-state index contributed by atoms with van der Waals surface area (Å²) in [6.07, 6.45) is 60.9. The fourth-order valence-corrected chi connectivity index (χ4v) is 7.59. The summed E-state index contributed by atoms with van der Waals surface area (Å²) in [5, 5.41) is 10.3. The first-order valence-corrected chi connectivity index (χ1v) is 23.0. The quantitative estimate of drug-likeness (QED) is 0.0644. The molecule has 0 amide bonds. The Morgan fingerprint density at radius 1 is 0.213 bits per heavy atom. The van der Waals surface area contributed by atoms with Crippen molar-refractivity contribution in [2.24, 2.45) is 0 Å². The molecule has 0 aliphatic heterocycles. The Morgan fingerprint density at radius 3 is 0.489 bits per heavy atom. The van der Waals surface area contributed by atoms with Crippen LogP contribution in [0.4, 0.5) is 0 Å². The van der Waals surface area contributed by atoms with Gasteiger partial charge in [-0.3, -0.25) is 0 Å². The number of aliphatic hydroxyl groups is 1. The third-order valence-corrected chi connectivity index (χ3v) is 11.0. The summed E-state index contributed by atoms with van der Waals surface area (Å²) in [5.74, 6) is 0. The van der Waals surface area contributed by atoms with Crippen LogP contribution in [0.1, 0.15) is 290 Å². The molecule has 1 nitrogen and oxygen atoms in total. The Bertz CT molecular complexity index is 515. The second-order valence-electron chi connectivity index (χ2n) is 16.0. The fourth-order valence-electron chi connectivity index (χ4n) is 7.59. The predicted molar refractivity (Wildman–Crippen MR) is 216 cm³/mol. The first-order valence-electron chi connectivity index (χ1n) is 23.0. The van der Waals surface area contributed by atoms with Crippen molar-refractivity contribution >= 4 is 0 Å². The summed E-state index contributed by atoms with van der Waals surface area (Å²) in [6, 6.07) is 0. The molecule has 0 heterocycles. The van der Waals surface area contributed by atoms with Gasteiger partial charge in [-0.1, -0.05) is 277 Å². The molecule has 284 valence electrons. The van der Waals surface area contributed by atoms with Gasteiger partial charge in [-0.2, -0.15) is 0 Å².